The molecule has 2 heterocycles. The molecule has 2 aliphatic heterocycles. The zero-order valence-electron chi connectivity index (χ0n) is 13.9. The SMILES string of the molecule is [C-]#[N+]c1ccc(C2=NOC3(CCN(CCCCC)CC3)C2)cc1. The zero-order valence-corrected chi connectivity index (χ0v) is 13.9. The second kappa shape index (κ2) is 7.14. The first-order chi connectivity index (χ1) is 11.2. The van der Waals surface area contributed by atoms with Crippen LogP contribution < -0.4 is 0 Å². The minimum Gasteiger partial charge on any atom is -0.388 e. The summed E-state index contributed by atoms with van der Waals surface area (Å²) in [5.74, 6) is 0. The van der Waals surface area contributed by atoms with Gasteiger partial charge in [0, 0.05) is 32.4 Å². The summed E-state index contributed by atoms with van der Waals surface area (Å²) in [6.45, 7) is 12.7. The number of piperidine rings is 1. The highest BCUT2D eigenvalue weighted by Gasteiger charge is 2.42. The third-order valence-electron chi connectivity index (χ3n) is 5.01. The lowest BCUT2D eigenvalue weighted by atomic mass is 9.85. The molecule has 0 radical (unpaired) electrons. The van der Waals surface area contributed by atoms with Crippen molar-refractivity contribution in [2.45, 2.75) is 51.0 Å². The molecule has 0 unspecified atom stereocenters. The molecular weight excluding hydrogens is 286 g/mol. The quantitative estimate of drug-likeness (QED) is 0.596. The van der Waals surface area contributed by atoms with E-state index in [2.05, 4.69) is 21.8 Å². The summed E-state index contributed by atoms with van der Waals surface area (Å²) in [5, 5.41) is 4.36. The van der Waals surface area contributed by atoms with Gasteiger partial charge < -0.3 is 9.74 Å². The van der Waals surface area contributed by atoms with Gasteiger partial charge in [0.1, 0.15) is 5.60 Å². The first-order valence-electron chi connectivity index (χ1n) is 8.70. The van der Waals surface area contributed by atoms with E-state index in [4.69, 9.17) is 11.4 Å². The van der Waals surface area contributed by atoms with Crippen LogP contribution in [0, 0.1) is 6.57 Å². The normalized spacial score (nSPS) is 20.1. The molecule has 1 saturated heterocycles. The van der Waals surface area contributed by atoms with Crippen LogP contribution in [0.2, 0.25) is 0 Å². The van der Waals surface area contributed by atoms with E-state index < -0.39 is 0 Å². The van der Waals surface area contributed by atoms with Crippen LogP contribution >= 0.6 is 0 Å². The van der Waals surface area contributed by atoms with Crippen LogP contribution in [0.4, 0.5) is 5.69 Å². The van der Waals surface area contributed by atoms with Gasteiger partial charge >= 0.3 is 0 Å². The number of unbranched alkanes of at least 4 members (excludes halogenated alkanes) is 2. The highest BCUT2D eigenvalue weighted by atomic mass is 16.7. The second-order valence-electron chi connectivity index (χ2n) is 6.70. The lowest BCUT2D eigenvalue weighted by molar-refractivity contribution is -0.0615. The van der Waals surface area contributed by atoms with E-state index in [0.717, 1.165) is 43.6 Å². The standard InChI is InChI=1S/C19H25N3O/c1-3-4-5-12-22-13-10-19(11-14-22)15-18(21-23-19)16-6-8-17(20-2)9-7-16/h6-9H,3-5,10-15H2,1H3. The maximum atomic E-state index is 7.02. The average molecular weight is 311 g/mol. The van der Waals surface area contributed by atoms with Gasteiger partial charge in [-0.15, -0.1) is 0 Å². The van der Waals surface area contributed by atoms with E-state index in [1.807, 2.05) is 24.3 Å². The Morgan fingerprint density at radius 1 is 1.22 bits per heavy atom. The topological polar surface area (TPSA) is 29.2 Å². The molecule has 0 atom stereocenters. The van der Waals surface area contributed by atoms with Gasteiger partial charge in [-0.3, -0.25) is 0 Å². The fraction of sp³-hybridized carbons (Fsp3) is 0.579. The van der Waals surface area contributed by atoms with Gasteiger partial charge in [-0.1, -0.05) is 49.2 Å². The predicted octanol–water partition coefficient (Wildman–Crippen LogP) is 4.39. The van der Waals surface area contributed by atoms with Crippen molar-refractivity contribution < 1.29 is 4.84 Å². The van der Waals surface area contributed by atoms with Crippen LogP contribution in [-0.2, 0) is 4.84 Å². The van der Waals surface area contributed by atoms with Gasteiger partial charge in [0.05, 0.1) is 12.3 Å². The molecule has 0 amide bonds. The number of hydrogen-bond donors (Lipinski definition) is 0. The third kappa shape index (κ3) is 3.73. The van der Waals surface area contributed by atoms with Gasteiger partial charge in [-0.25, -0.2) is 4.85 Å². The number of rotatable bonds is 5. The minimum atomic E-state index is -0.0882. The molecule has 1 aromatic rings. The van der Waals surface area contributed by atoms with E-state index in [9.17, 15) is 0 Å². The first-order valence-corrected chi connectivity index (χ1v) is 8.70. The molecule has 0 aliphatic carbocycles. The smallest absolute Gasteiger partial charge is 0.187 e. The lowest BCUT2D eigenvalue weighted by Crippen LogP contribution is -2.44. The van der Waals surface area contributed by atoms with E-state index in [-0.39, 0.29) is 5.60 Å². The summed E-state index contributed by atoms with van der Waals surface area (Å²) in [4.78, 5) is 11.9. The molecule has 0 bridgehead atoms. The molecule has 3 rings (SSSR count). The summed E-state index contributed by atoms with van der Waals surface area (Å²) in [6, 6.07) is 7.67. The summed E-state index contributed by atoms with van der Waals surface area (Å²) in [7, 11) is 0. The fourth-order valence-corrected chi connectivity index (χ4v) is 3.44. The van der Waals surface area contributed by atoms with Crippen LogP contribution in [0.5, 0.6) is 0 Å². The van der Waals surface area contributed by atoms with Gasteiger partial charge in [-0.2, -0.15) is 0 Å². The second-order valence-corrected chi connectivity index (χ2v) is 6.70. The van der Waals surface area contributed by atoms with Gasteiger partial charge in [0.2, 0.25) is 0 Å². The Morgan fingerprint density at radius 2 is 1.96 bits per heavy atom. The monoisotopic (exact) mass is 311 g/mol. The molecule has 2 aliphatic rings. The van der Waals surface area contributed by atoms with Crippen LogP contribution in [0.15, 0.2) is 29.4 Å². The van der Waals surface area contributed by atoms with E-state index >= 15 is 0 Å². The van der Waals surface area contributed by atoms with Gasteiger partial charge in [0.15, 0.2) is 5.69 Å². The molecule has 1 aromatic carbocycles. The number of benzene rings is 1. The summed E-state index contributed by atoms with van der Waals surface area (Å²) in [5.41, 5.74) is 2.69. The first kappa shape index (κ1) is 16.0. The fourth-order valence-electron chi connectivity index (χ4n) is 3.44. The van der Waals surface area contributed by atoms with Crippen molar-refractivity contribution in [3.63, 3.8) is 0 Å². The Kier molecular flexibility index (Phi) is 4.97. The molecule has 1 spiro atoms. The Labute approximate surface area is 138 Å². The Morgan fingerprint density at radius 3 is 2.61 bits per heavy atom. The van der Waals surface area contributed by atoms with Crippen LogP contribution in [0.25, 0.3) is 4.85 Å². The van der Waals surface area contributed by atoms with E-state index in [1.54, 1.807) is 0 Å². The van der Waals surface area contributed by atoms with Crippen LogP contribution in [0.3, 0.4) is 0 Å². The zero-order chi connectivity index (χ0) is 16.1. The summed E-state index contributed by atoms with van der Waals surface area (Å²) < 4.78 is 0. The average Bonchev–Trinajstić information content (AvgIpc) is 3.01. The molecule has 1 fully saturated rings. The van der Waals surface area contributed by atoms with Gasteiger partial charge in [-0.05, 0) is 18.5 Å². The number of oxime groups is 1. The number of nitrogens with zero attached hydrogens (tertiary/aromatic N) is 3. The summed E-state index contributed by atoms with van der Waals surface area (Å²) >= 11 is 0. The molecule has 0 N–H and O–H groups in total. The molecule has 4 nitrogen and oxygen atoms in total. The van der Waals surface area contributed by atoms with Gasteiger partial charge in [0.25, 0.3) is 0 Å². The Bertz CT molecular complexity index is 592. The summed E-state index contributed by atoms with van der Waals surface area (Å²) in [6.07, 6.45) is 6.93. The Balaban J connectivity index is 1.54. The van der Waals surface area contributed by atoms with Crippen molar-refractivity contribution in [3.05, 3.63) is 41.2 Å². The van der Waals surface area contributed by atoms with Crippen molar-refractivity contribution in [1.82, 2.24) is 4.90 Å². The minimum absolute atomic E-state index is 0.0882. The van der Waals surface area contributed by atoms with E-state index in [0.29, 0.717) is 5.69 Å². The third-order valence-corrected chi connectivity index (χ3v) is 5.01. The highest BCUT2D eigenvalue weighted by Crippen LogP contribution is 2.36. The maximum absolute atomic E-state index is 7.02. The van der Waals surface area contributed by atoms with Crippen molar-refractivity contribution in [3.8, 4) is 0 Å². The van der Waals surface area contributed by atoms with Crippen LogP contribution in [-0.4, -0.2) is 35.8 Å². The number of likely N-dealkylation sites (tertiary alicyclic amines) is 1. The number of hydrogen-bond acceptors (Lipinski definition) is 3. The van der Waals surface area contributed by atoms with Crippen molar-refractivity contribution in [1.29, 1.82) is 0 Å². The molecule has 23 heavy (non-hydrogen) atoms. The largest absolute Gasteiger partial charge is 0.388 e. The lowest BCUT2D eigenvalue weighted by Gasteiger charge is -2.37. The Hall–Kier alpha value is -1.86. The van der Waals surface area contributed by atoms with Crippen molar-refractivity contribution in [2.24, 2.45) is 5.16 Å². The predicted molar refractivity (Wildman–Crippen MR) is 92.9 cm³/mol. The molecule has 122 valence electrons. The van der Waals surface area contributed by atoms with Crippen molar-refractivity contribution >= 4 is 11.4 Å². The molecule has 0 saturated carbocycles. The molecular formula is C19H25N3O. The van der Waals surface area contributed by atoms with Crippen molar-refractivity contribution in [2.75, 3.05) is 19.6 Å². The van der Waals surface area contributed by atoms with E-state index in [1.165, 1.54) is 25.8 Å². The highest BCUT2D eigenvalue weighted by molar-refractivity contribution is 6.01. The molecule has 0 aromatic heterocycles. The van der Waals surface area contributed by atoms with Crippen LogP contribution in [0.1, 0.15) is 51.0 Å². The molecule has 4 heteroatoms. The maximum Gasteiger partial charge on any atom is 0.187 e.